The van der Waals surface area contributed by atoms with Crippen molar-refractivity contribution in [3.05, 3.63) is 60.2 Å². The predicted octanol–water partition coefficient (Wildman–Crippen LogP) is 3.81. The molecule has 0 aliphatic rings. The van der Waals surface area contributed by atoms with Gasteiger partial charge in [-0.15, -0.1) is 0 Å². The Kier molecular flexibility index (Phi) is 9.94. The van der Waals surface area contributed by atoms with E-state index in [0.29, 0.717) is 23.0 Å². The number of rotatable bonds is 13. The van der Waals surface area contributed by atoms with Gasteiger partial charge in [-0.1, -0.05) is 6.07 Å². The van der Waals surface area contributed by atoms with Crippen molar-refractivity contribution in [3.63, 3.8) is 0 Å². The van der Waals surface area contributed by atoms with Crippen LogP contribution in [0.25, 0.3) is 0 Å². The first-order valence-electron chi connectivity index (χ1n) is 12.1. The highest BCUT2D eigenvalue weighted by atomic mass is 32.2. The molecule has 11 nitrogen and oxygen atoms in total. The minimum Gasteiger partial charge on any atom is -0.497 e. The Morgan fingerprint density at radius 3 is 1.85 bits per heavy atom. The van der Waals surface area contributed by atoms with Gasteiger partial charge in [0.15, 0.2) is 23.0 Å². The van der Waals surface area contributed by atoms with E-state index in [9.17, 15) is 13.2 Å². The lowest BCUT2D eigenvalue weighted by atomic mass is 10.1. The van der Waals surface area contributed by atoms with E-state index >= 15 is 0 Å². The molecule has 0 fully saturated rings. The molecule has 0 bridgehead atoms. The minimum atomic E-state index is -4.32. The molecule has 0 spiro atoms. The standard InChI is InChI=1S/C28H34N2O9S/c1-18(19-8-11-24(36-4)26(14-19)38-6)29-28(31)17-30(22-15-20(34-2)9-12-23(22)35-3)40(32,33)21-10-13-25(37-5)27(16-21)39-7/h8-16,18H,17H2,1-7H3,(H,29,31). The molecule has 12 heteroatoms. The number of nitrogens with zero attached hydrogens (tertiary/aromatic N) is 1. The summed E-state index contributed by atoms with van der Waals surface area (Å²) in [5, 5.41) is 2.86. The molecule has 0 aromatic heterocycles. The van der Waals surface area contributed by atoms with Gasteiger partial charge in [-0.05, 0) is 48.9 Å². The highest BCUT2D eigenvalue weighted by Crippen LogP contribution is 2.37. The van der Waals surface area contributed by atoms with Crippen molar-refractivity contribution in [2.24, 2.45) is 0 Å². The summed E-state index contributed by atoms with van der Waals surface area (Å²) in [4.78, 5) is 13.2. The van der Waals surface area contributed by atoms with E-state index in [2.05, 4.69) is 5.32 Å². The highest BCUT2D eigenvalue weighted by Gasteiger charge is 2.31. The summed E-state index contributed by atoms with van der Waals surface area (Å²) in [6, 6.07) is 13.6. The van der Waals surface area contributed by atoms with Gasteiger partial charge in [0.05, 0.1) is 59.3 Å². The second-order valence-corrected chi connectivity index (χ2v) is 10.3. The number of methoxy groups -OCH3 is 6. The summed E-state index contributed by atoms with van der Waals surface area (Å²) < 4.78 is 61.0. The molecule has 3 rings (SSSR count). The van der Waals surface area contributed by atoms with Crippen molar-refractivity contribution in [1.82, 2.24) is 5.32 Å². The highest BCUT2D eigenvalue weighted by molar-refractivity contribution is 7.92. The third-order valence-corrected chi connectivity index (χ3v) is 7.93. The monoisotopic (exact) mass is 574 g/mol. The summed E-state index contributed by atoms with van der Waals surface area (Å²) in [5.74, 6) is 1.66. The smallest absolute Gasteiger partial charge is 0.265 e. The van der Waals surface area contributed by atoms with Gasteiger partial charge >= 0.3 is 0 Å². The van der Waals surface area contributed by atoms with E-state index in [4.69, 9.17) is 28.4 Å². The predicted molar refractivity (Wildman–Crippen MR) is 150 cm³/mol. The van der Waals surface area contributed by atoms with Crippen molar-refractivity contribution < 1.29 is 41.6 Å². The Balaban J connectivity index is 2.03. The van der Waals surface area contributed by atoms with Crippen LogP contribution in [0.15, 0.2) is 59.5 Å². The lowest BCUT2D eigenvalue weighted by molar-refractivity contribution is -0.120. The Labute approximate surface area is 234 Å². The molecule has 0 heterocycles. The molecule has 1 N–H and O–H groups in total. The number of carbonyl (C=O) groups is 1. The van der Waals surface area contributed by atoms with Crippen LogP contribution in [-0.2, 0) is 14.8 Å². The summed E-state index contributed by atoms with van der Waals surface area (Å²) in [6.07, 6.45) is 0. The van der Waals surface area contributed by atoms with Crippen molar-refractivity contribution in [2.75, 3.05) is 53.5 Å². The summed E-state index contributed by atoms with van der Waals surface area (Å²) >= 11 is 0. The third kappa shape index (κ3) is 6.45. The average molecular weight is 575 g/mol. The van der Waals surface area contributed by atoms with Crippen LogP contribution in [0.5, 0.6) is 34.5 Å². The molecule has 3 aromatic rings. The van der Waals surface area contributed by atoms with Crippen LogP contribution in [0, 0.1) is 0 Å². The quantitative estimate of drug-likeness (QED) is 0.325. The first-order valence-corrected chi connectivity index (χ1v) is 13.6. The Hall–Kier alpha value is -4.32. The minimum absolute atomic E-state index is 0.115. The van der Waals surface area contributed by atoms with E-state index in [1.165, 1.54) is 66.9 Å². The van der Waals surface area contributed by atoms with Crippen LogP contribution < -0.4 is 38.0 Å². The molecular formula is C28H34N2O9S. The number of anilines is 1. The van der Waals surface area contributed by atoms with Crippen molar-refractivity contribution in [2.45, 2.75) is 17.9 Å². The van der Waals surface area contributed by atoms with Crippen LogP contribution in [0.3, 0.4) is 0 Å². The van der Waals surface area contributed by atoms with Gasteiger partial charge in [-0.25, -0.2) is 8.42 Å². The topological polar surface area (TPSA) is 122 Å². The molecule has 0 aliphatic carbocycles. The maximum absolute atomic E-state index is 14.0. The fraction of sp³-hybridized carbons (Fsp3) is 0.321. The molecule has 1 atom stereocenters. The largest absolute Gasteiger partial charge is 0.497 e. The van der Waals surface area contributed by atoms with E-state index in [1.54, 1.807) is 37.3 Å². The number of hydrogen-bond acceptors (Lipinski definition) is 9. The zero-order chi connectivity index (χ0) is 29.4. The van der Waals surface area contributed by atoms with Crippen LogP contribution >= 0.6 is 0 Å². The van der Waals surface area contributed by atoms with Gasteiger partial charge in [-0.2, -0.15) is 0 Å². The van der Waals surface area contributed by atoms with Gasteiger partial charge in [0.1, 0.15) is 18.0 Å². The van der Waals surface area contributed by atoms with Gasteiger partial charge < -0.3 is 33.7 Å². The van der Waals surface area contributed by atoms with Crippen LogP contribution in [-0.4, -0.2) is 63.5 Å². The molecule has 0 radical (unpaired) electrons. The van der Waals surface area contributed by atoms with Gasteiger partial charge in [-0.3, -0.25) is 9.10 Å². The zero-order valence-electron chi connectivity index (χ0n) is 23.5. The summed E-state index contributed by atoms with van der Waals surface area (Å²) in [7, 11) is 4.44. The normalized spacial score (nSPS) is 11.7. The van der Waals surface area contributed by atoms with E-state index in [-0.39, 0.29) is 22.1 Å². The number of nitrogens with one attached hydrogen (secondary N) is 1. The molecule has 3 aromatic carbocycles. The van der Waals surface area contributed by atoms with E-state index < -0.39 is 28.5 Å². The number of hydrogen-bond donors (Lipinski definition) is 1. The Morgan fingerprint density at radius 2 is 1.27 bits per heavy atom. The van der Waals surface area contributed by atoms with E-state index in [0.717, 1.165) is 9.87 Å². The Bertz CT molecular complexity index is 1440. The Morgan fingerprint density at radius 1 is 0.725 bits per heavy atom. The molecule has 1 unspecified atom stereocenters. The van der Waals surface area contributed by atoms with Crippen molar-refractivity contribution in [1.29, 1.82) is 0 Å². The van der Waals surface area contributed by atoms with Crippen LogP contribution in [0.1, 0.15) is 18.5 Å². The fourth-order valence-corrected chi connectivity index (χ4v) is 5.46. The zero-order valence-corrected chi connectivity index (χ0v) is 24.3. The second kappa shape index (κ2) is 13.2. The van der Waals surface area contributed by atoms with Crippen molar-refractivity contribution >= 4 is 21.6 Å². The SMILES string of the molecule is COc1ccc(OC)c(N(CC(=O)NC(C)c2ccc(OC)c(OC)c2)S(=O)(=O)c2ccc(OC)c(OC)c2)c1. The van der Waals surface area contributed by atoms with E-state index in [1.807, 2.05) is 0 Å². The molecule has 1 amide bonds. The molecule has 216 valence electrons. The molecule has 0 saturated heterocycles. The number of sulfonamides is 1. The maximum atomic E-state index is 14.0. The van der Waals surface area contributed by atoms with Crippen molar-refractivity contribution in [3.8, 4) is 34.5 Å². The molecule has 0 aliphatic heterocycles. The summed E-state index contributed by atoms with van der Waals surface area (Å²) in [5.41, 5.74) is 0.852. The van der Waals surface area contributed by atoms with Gasteiger partial charge in [0.2, 0.25) is 5.91 Å². The van der Waals surface area contributed by atoms with Crippen LogP contribution in [0.2, 0.25) is 0 Å². The lowest BCUT2D eigenvalue weighted by Crippen LogP contribution is -2.41. The van der Waals surface area contributed by atoms with Gasteiger partial charge in [0.25, 0.3) is 10.0 Å². The number of amides is 1. The molecule has 40 heavy (non-hydrogen) atoms. The number of benzene rings is 3. The lowest BCUT2D eigenvalue weighted by Gasteiger charge is -2.27. The van der Waals surface area contributed by atoms with Gasteiger partial charge in [0, 0.05) is 12.1 Å². The number of ether oxygens (including phenoxy) is 6. The number of carbonyl (C=O) groups excluding carboxylic acids is 1. The molecular weight excluding hydrogens is 540 g/mol. The first-order chi connectivity index (χ1) is 19.1. The first kappa shape index (κ1) is 30.2. The average Bonchev–Trinajstić information content (AvgIpc) is 2.98. The van der Waals surface area contributed by atoms with Crippen LogP contribution in [0.4, 0.5) is 5.69 Å². The third-order valence-electron chi connectivity index (χ3n) is 6.17. The maximum Gasteiger partial charge on any atom is 0.265 e. The molecule has 0 saturated carbocycles. The summed E-state index contributed by atoms with van der Waals surface area (Å²) in [6.45, 7) is 1.22. The fourth-order valence-electron chi connectivity index (χ4n) is 4.02. The second-order valence-electron chi connectivity index (χ2n) is 8.47.